The lowest BCUT2D eigenvalue weighted by Crippen LogP contribution is -2.50. The fraction of sp³-hybridized carbons (Fsp3) is 0.923. The van der Waals surface area contributed by atoms with Crippen LogP contribution in [0.15, 0.2) is 12.2 Å². The van der Waals surface area contributed by atoms with Crippen molar-refractivity contribution >= 4 is 28.9 Å². The predicted molar refractivity (Wildman–Crippen MR) is 150 cm³/mol. The van der Waals surface area contributed by atoms with Gasteiger partial charge in [-0.25, -0.2) is 0 Å². The van der Waals surface area contributed by atoms with E-state index in [1.165, 1.54) is 101 Å². The maximum Gasteiger partial charge on any atom is 0.0739 e. The number of allylic oxidation sites excluding steroid dienone is 2. The van der Waals surface area contributed by atoms with Crippen molar-refractivity contribution in [3.8, 4) is 0 Å². The number of rotatable bonds is 23. The summed E-state index contributed by atoms with van der Waals surface area (Å²) in [4.78, 5) is 11.5. The second-order valence-electron chi connectivity index (χ2n) is 8.61. The van der Waals surface area contributed by atoms with E-state index < -0.39 is 5.69 Å². The summed E-state index contributed by atoms with van der Waals surface area (Å²) in [5.41, 5.74) is 1.13. The minimum atomic E-state index is -2.75. The van der Waals surface area contributed by atoms with Crippen molar-refractivity contribution in [2.45, 2.75) is 136 Å². The SMILES string of the molecule is CCCCCCCC/C=C\CCCCCCCC[NH3+].CCCCOP([O-])(=S)SCCCC. The molecule has 0 aromatic heterocycles. The van der Waals surface area contributed by atoms with Crippen molar-refractivity contribution < 1.29 is 15.2 Å². The van der Waals surface area contributed by atoms with Crippen LogP contribution >= 0.6 is 17.1 Å². The highest BCUT2D eigenvalue weighted by molar-refractivity contribution is 8.67. The van der Waals surface area contributed by atoms with Crippen LogP contribution in [0, 0.1) is 0 Å². The third-order valence-corrected chi connectivity index (χ3v) is 9.62. The van der Waals surface area contributed by atoms with E-state index in [1.807, 2.05) is 0 Å². The molecule has 0 aliphatic heterocycles. The van der Waals surface area contributed by atoms with Crippen LogP contribution in [0.3, 0.4) is 0 Å². The van der Waals surface area contributed by atoms with Gasteiger partial charge in [0.25, 0.3) is 0 Å². The van der Waals surface area contributed by atoms with E-state index in [4.69, 9.17) is 16.3 Å². The van der Waals surface area contributed by atoms with Crippen LogP contribution in [0.25, 0.3) is 0 Å². The zero-order valence-corrected chi connectivity index (χ0v) is 24.3. The Balaban J connectivity index is 0. The second kappa shape index (κ2) is 29.7. The van der Waals surface area contributed by atoms with Gasteiger partial charge in [0.05, 0.1) is 13.2 Å². The average Bonchev–Trinajstić information content (AvgIpc) is 2.77. The minimum absolute atomic E-state index is 0.538. The van der Waals surface area contributed by atoms with Gasteiger partial charge in [-0.1, -0.05) is 109 Å². The van der Waals surface area contributed by atoms with Crippen molar-refractivity contribution in [3.63, 3.8) is 0 Å². The van der Waals surface area contributed by atoms with Crippen LogP contribution in [0.1, 0.15) is 136 Å². The molecule has 1 unspecified atom stereocenters. The fourth-order valence-corrected chi connectivity index (χ4v) is 6.57. The van der Waals surface area contributed by atoms with Gasteiger partial charge < -0.3 is 15.2 Å². The van der Waals surface area contributed by atoms with E-state index in [2.05, 4.69) is 38.7 Å². The highest BCUT2D eigenvalue weighted by atomic mass is 32.9. The summed E-state index contributed by atoms with van der Waals surface area (Å²) in [7, 11) is 0. The minimum Gasteiger partial charge on any atom is -0.793 e. The van der Waals surface area contributed by atoms with Crippen molar-refractivity contribution in [1.29, 1.82) is 0 Å². The summed E-state index contributed by atoms with van der Waals surface area (Å²) >= 11 is 6.17. The zero-order chi connectivity index (χ0) is 24.2. The van der Waals surface area contributed by atoms with Crippen molar-refractivity contribution in [3.05, 3.63) is 12.2 Å². The molecule has 0 aromatic carbocycles. The molecule has 0 amide bonds. The first-order valence-electron chi connectivity index (χ1n) is 13.6. The van der Waals surface area contributed by atoms with Crippen LogP contribution in [-0.2, 0) is 16.3 Å². The molecule has 0 aliphatic rings. The van der Waals surface area contributed by atoms with Gasteiger partial charge in [-0.3, -0.25) is 0 Å². The molecule has 194 valence electrons. The van der Waals surface area contributed by atoms with E-state index in [-0.39, 0.29) is 0 Å². The summed E-state index contributed by atoms with van der Waals surface area (Å²) in [5.74, 6) is 0.851. The smallest absolute Gasteiger partial charge is 0.0739 e. The van der Waals surface area contributed by atoms with Gasteiger partial charge in [0.1, 0.15) is 0 Å². The van der Waals surface area contributed by atoms with Gasteiger partial charge in [0.2, 0.25) is 0 Å². The first-order valence-corrected chi connectivity index (χ1v) is 17.8. The molecule has 6 heteroatoms. The molecule has 0 aliphatic carbocycles. The van der Waals surface area contributed by atoms with Crippen molar-refractivity contribution in [2.24, 2.45) is 0 Å². The van der Waals surface area contributed by atoms with Crippen molar-refractivity contribution in [2.75, 3.05) is 18.9 Å². The molecule has 32 heavy (non-hydrogen) atoms. The van der Waals surface area contributed by atoms with Crippen LogP contribution in [-0.4, -0.2) is 18.9 Å². The third-order valence-electron chi connectivity index (χ3n) is 5.26. The van der Waals surface area contributed by atoms with Gasteiger partial charge in [0.15, 0.2) is 0 Å². The van der Waals surface area contributed by atoms with Gasteiger partial charge in [0, 0.05) is 5.69 Å². The molecule has 3 nitrogen and oxygen atoms in total. The molecule has 0 heterocycles. The molecular formula is C26H56NO2PS2. The molecule has 0 aromatic rings. The summed E-state index contributed by atoms with van der Waals surface area (Å²) in [6, 6.07) is 0. The molecule has 0 spiro atoms. The average molecular weight is 510 g/mol. The number of unbranched alkanes of at least 4 members (excludes halogenated alkanes) is 14. The molecule has 0 rings (SSSR count). The molecular weight excluding hydrogens is 453 g/mol. The maximum absolute atomic E-state index is 11.5. The molecule has 0 saturated heterocycles. The Morgan fingerprint density at radius 1 is 0.719 bits per heavy atom. The van der Waals surface area contributed by atoms with Gasteiger partial charge in [-0.15, -0.1) is 11.4 Å². The number of hydrogen-bond donors (Lipinski definition) is 1. The van der Waals surface area contributed by atoms with Crippen LogP contribution in [0.2, 0.25) is 0 Å². The third kappa shape index (κ3) is 32.8. The quantitative estimate of drug-likeness (QED) is 0.0857. The van der Waals surface area contributed by atoms with Gasteiger partial charge in [-0.2, -0.15) is 0 Å². The fourth-order valence-electron chi connectivity index (χ4n) is 3.10. The van der Waals surface area contributed by atoms with E-state index in [0.29, 0.717) is 6.61 Å². The van der Waals surface area contributed by atoms with E-state index >= 15 is 0 Å². The van der Waals surface area contributed by atoms with E-state index in [0.717, 1.165) is 38.0 Å². The number of quaternary nitrogens is 1. The number of hydrogen-bond acceptors (Lipinski definition) is 4. The molecule has 3 N–H and O–H groups in total. The lowest BCUT2D eigenvalue weighted by molar-refractivity contribution is -0.368. The first kappa shape index (κ1) is 34.8. The highest BCUT2D eigenvalue weighted by Gasteiger charge is 2.02. The molecule has 0 bridgehead atoms. The van der Waals surface area contributed by atoms with Gasteiger partial charge >= 0.3 is 0 Å². The summed E-state index contributed by atoms with van der Waals surface area (Å²) in [6.07, 6.45) is 28.4. The predicted octanol–water partition coefficient (Wildman–Crippen LogP) is 8.19. The normalized spacial score (nSPS) is 13.2. The Bertz CT molecular complexity index is 409. The monoisotopic (exact) mass is 509 g/mol. The Kier molecular flexibility index (Phi) is 32.2. The molecule has 1 atom stereocenters. The Morgan fingerprint density at radius 2 is 1.19 bits per heavy atom. The first-order chi connectivity index (χ1) is 15.5. The van der Waals surface area contributed by atoms with E-state index in [9.17, 15) is 4.89 Å². The summed E-state index contributed by atoms with van der Waals surface area (Å²) < 4.78 is 5.15. The molecule has 0 saturated carbocycles. The van der Waals surface area contributed by atoms with E-state index in [1.54, 1.807) is 0 Å². The van der Waals surface area contributed by atoms with Crippen molar-refractivity contribution in [1.82, 2.24) is 0 Å². The Hall–Kier alpha value is 0.620. The maximum atomic E-state index is 11.5. The Labute approximate surface area is 211 Å². The summed E-state index contributed by atoms with van der Waals surface area (Å²) in [5, 5.41) is 0. The Morgan fingerprint density at radius 3 is 1.69 bits per heavy atom. The van der Waals surface area contributed by atoms with Crippen LogP contribution in [0.4, 0.5) is 0 Å². The lowest BCUT2D eigenvalue weighted by Gasteiger charge is -2.26. The van der Waals surface area contributed by atoms with Crippen LogP contribution in [0.5, 0.6) is 0 Å². The molecule has 0 fully saturated rings. The molecule has 0 radical (unpaired) electrons. The lowest BCUT2D eigenvalue weighted by atomic mass is 10.1. The standard InChI is InChI=1S/C18H37N.C8H19O2PS2/c1-2-3-4-5-6-7-8-9-10-11-12-13-14-15-16-17-18-19;1-3-5-7-10-11(9,12)13-8-6-4-2/h9-10H,2-8,11-19H2,1H3;3-8H2,1-2H3,(H,9,12)/b10-9-;. The van der Waals surface area contributed by atoms with Gasteiger partial charge in [-0.05, 0) is 57.1 Å². The second-order valence-corrected chi connectivity index (χ2v) is 14.8. The summed E-state index contributed by atoms with van der Waals surface area (Å²) in [6.45, 7) is 8.11. The van der Waals surface area contributed by atoms with Crippen LogP contribution < -0.4 is 10.6 Å². The largest absolute Gasteiger partial charge is 0.793 e. The highest BCUT2D eigenvalue weighted by Crippen LogP contribution is 2.52. The topological polar surface area (TPSA) is 59.9 Å². The zero-order valence-electron chi connectivity index (χ0n) is 21.8.